The largest absolute Gasteiger partial charge is 0.494 e. The number of ether oxygens (including phenoxy) is 1. The Labute approximate surface area is 190 Å². The molecule has 0 aliphatic heterocycles. The number of amides is 2. The minimum Gasteiger partial charge on any atom is -0.494 e. The fraction of sp³-hybridized carbons (Fsp3) is 0.125. The Morgan fingerprint density at radius 3 is 2.24 bits per heavy atom. The van der Waals surface area contributed by atoms with Gasteiger partial charge in [0.1, 0.15) is 12.3 Å². The second kappa shape index (κ2) is 10.2. The van der Waals surface area contributed by atoms with Gasteiger partial charge in [0.25, 0.3) is 5.91 Å². The summed E-state index contributed by atoms with van der Waals surface area (Å²) < 4.78 is 5.39. The Bertz CT molecular complexity index is 1220. The number of tetrazole rings is 1. The van der Waals surface area contributed by atoms with Gasteiger partial charge in [0, 0.05) is 22.5 Å². The number of rotatable bonds is 8. The number of hydrogen-bond acceptors (Lipinski definition) is 6. The van der Waals surface area contributed by atoms with E-state index < -0.39 is 0 Å². The van der Waals surface area contributed by atoms with Crippen LogP contribution in [0, 0.1) is 0 Å². The van der Waals surface area contributed by atoms with E-state index in [0.717, 1.165) is 11.3 Å². The lowest BCUT2D eigenvalue weighted by Crippen LogP contribution is -2.20. The fourth-order valence-electron chi connectivity index (χ4n) is 3.05. The van der Waals surface area contributed by atoms with Gasteiger partial charge in [-0.3, -0.25) is 9.59 Å². The normalized spacial score (nSPS) is 10.5. The summed E-state index contributed by atoms with van der Waals surface area (Å²) in [5.41, 5.74) is 2.51. The number of aromatic nitrogens is 4. The van der Waals surface area contributed by atoms with Crippen LogP contribution in [-0.4, -0.2) is 38.6 Å². The number of carbonyl (C=O) groups is 2. The molecule has 3 aromatic carbocycles. The molecule has 0 unspecified atom stereocenters. The van der Waals surface area contributed by atoms with Gasteiger partial charge in [-0.1, -0.05) is 30.3 Å². The van der Waals surface area contributed by atoms with Gasteiger partial charge < -0.3 is 15.4 Å². The maximum Gasteiger partial charge on any atom is 0.255 e. The molecule has 1 aromatic heterocycles. The summed E-state index contributed by atoms with van der Waals surface area (Å²) >= 11 is 0. The Hall–Kier alpha value is -4.53. The van der Waals surface area contributed by atoms with E-state index in [0.29, 0.717) is 29.4 Å². The molecule has 1 heterocycles. The maximum atomic E-state index is 12.5. The van der Waals surface area contributed by atoms with Crippen molar-refractivity contribution >= 4 is 23.2 Å². The quantitative estimate of drug-likeness (QED) is 0.431. The molecule has 4 rings (SSSR count). The highest BCUT2D eigenvalue weighted by Crippen LogP contribution is 2.17. The van der Waals surface area contributed by atoms with Gasteiger partial charge in [-0.15, -0.1) is 10.2 Å². The molecule has 0 bridgehead atoms. The summed E-state index contributed by atoms with van der Waals surface area (Å²) in [6, 6.07) is 23.1. The van der Waals surface area contributed by atoms with Crippen molar-refractivity contribution in [1.29, 1.82) is 0 Å². The van der Waals surface area contributed by atoms with Crippen LogP contribution in [-0.2, 0) is 11.3 Å². The van der Waals surface area contributed by atoms with Gasteiger partial charge in [-0.2, -0.15) is 4.80 Å². The summed E-state index contributed by atoms with van der Waals surface area (Å²) in [7, 11) is 0. The average Bonchev–Trinajstić information content (AvgIpc) is 3.30. The number of carbonyl (C=O) groups excluding carboxylic acids is 2. The number of benzene rings is 3. The standard InChI is InChI=1S/C24H22N6O3/c1-2-33-21-14-12-20(13-15-21)26-24(32)18-8-10-19(11-9-18)25-22(31)16-30-28-23(27-29-30)17-6-4-3-5-7-17/h3-15H,2,16H2,1H3,(H,25,31)(H,26,32). The van der Waals surface area contributed by atoms with E-state index in [1.54, 1.807) is 48.5 Å². The van der Waals surface area contributed by atoms with Crippen molar-refractivity contribution in [2.24, 2.45) is 0 Å². The highest BCUT2D eigenvalue weighted by atomic mass is 16.5. The second-order valence-corrected chi connectivity index (χ2v) is 7.05. The molecule has 9 heteroatoms. The SMILES string of the molecule is CCOc1ccc(NC(=O)c2ccc(NC(=O)Cn3nnc(-c4ccccc4)n3)cc2)cc1. The highest BCUT2D eigenvalue weighted by molar-refractivity contribution is 6.04. The zero-order valence-electron chi connectivity index (χ0n) is 17.9. The smallest absolute Gasteiger partial charge is 0.255 e. The van der Waals surface area contributed by atoms with E-state index in [9.17, 15) is 9.59 Å². The van der Waals surface area contributed by atoms with Gasteiger partial charge >= 0.3 is 0 Å². The number of anilines is 2. The van der Waals surface area contributed by atoms with Crippen LogP contribution in [0.25, 0.3) is 11.4 Å². The second-order valence-electron chi connectivity index (χ2n) is 7.05. The van der Waals surface area contributed by atoms with Crippen molar-refractivity contribution in [3.8, 4) is 17.1 Å². The molecule has 33 heavy (non-hydrogen) atoms. The van der Waals surface area contributed by atoms with Crippen LogP contribution in [0.2, 0.25) is 0 Å². The minimum absolute atomic E-state index is 0.0835. The van der Waals surface area contributed by atoms with Crippen molar-refractivity contribution in [2.75, 3.05) is 17.2 Å². The van der Waals surface area contributed by atoms with Crippen molar-refractivity contribution in [1.82, 2.24) is 20.2 Å². The molecule has 2 N–H and O–H groups in total. The molecule has 0 atom stereocenters. The highest BCUT2D eigenvalue weighted by Gasteiger charge is 2.11. The molecule has 0 aliphatic rings. The summed E-state index contributed by atoms with van der Waals surface area (Å²) in [5.74, 6) is 0.634. The molecular weight excluding hydrogens is 420 g/mol. The van der Waals surface area contributed by atoms with E-state index in [2.05, 4.69) is 26.0 Å². The topological polar surface area (TPSA) is 111 Å². The predicted molar refractivity (Wildman–Crippen MR) is 124 cm³/mol. The summed E-state index contributed by atoms with van der Waals surface area (Å²) in [4.78, 5) is 26.0. The first-order chi connectivity index (χ1) is 16.1. The molecule has 0 aliphatic carbocycles. The lowest BCUT2D eigenvalue weighted by molar-refractivity contribution is -0.117. The molecule has 0 radical (unpaired) electrons. The molecule has 2 amide bonds. The first kappa shape index (κ1) is 21.7. The van der Waals surface area contributed by atoms with E-state index >= 15 is 0 Å². The molecule has 166 valence electrons. The van der Waals surface area contributed by atoms with Gasteiger partial charge in [0.15, 0.2) is 0 Å². The fourth-order valence-corrected chi connectivity index (χ4v) is 3.05. The van der Waals surface area contributed by atoms with Crippen molar-refractivity contribution in [3.63, 3.8) is 0 Å². The Morgan fingerprint density at radius 1 is 0.879 bits per heavy atom. The summed E-state index contributed by atoms with van der Waals surface area (Å²) in [5, 5.41) is 17.7. The first-order valence-corrected chi connectivity index (χ1v) is 10.4. The Morgan fingerprint density at radius 2 is 1.55 bits per heavy atom. The molecule has 9 nitrogen and oxygen atoms in total. The zero-order chi connectivity index (χ0) is 23.0. The van der Waals surface area contributed by atoms with Crippen LogP contribution in [0.15, 0.2) is 78.9 Å². The van der Waals surface area contributed by atoms with Crippen molar-refractivity contribution < 1.29 is 14.3 Å². The molecule has 0 saturated heterocycles. The number of hydrogen-bond donors (Lipinski definition) is 2. The monoisotopic (exact) mass is 442 g/mol. The van der Waals surface area contributed by atoms with E-state index in [1.165, 1.54) is 4.80 Å². The Balaban J connectivity index is 1.31. The van der Waals surface area contributed by atoms with Crippen molar-refractivity contribution in [3.05, 3.63) is 84.4 Å². The van der Waals surface area contributed by atoms with Gasteiger partial charge in [-0.05, 0) is 60.7 Å². The summed E-state index contributed by atoms with van der Waals surface area (Å²) in [6.07, 6.45) is 0. The van der Waals surface area contributed by atoms with Crippen LogP contribution in [0.1, 0.15) is 17.3 Å². The van der Waals surface area contributed by atoms with Gasteiger partial charge in [0.2, 0.25) is 11.7 Å². The molecular formula is C24H22N6O3. The molecule has 0 fully saturated rings. The van der Waals surface area contributed by atoms with Crippen molar-refractivity contribution in [2.45, 2.75) is 13.5 Å². The van der Waals surface area contributed by atoms with E-state index in [4.69, 9.17) is 4.74 Å². The Kier molecular flexibility index (Phi) is 6.70. The average molecular weight is 442 g/mol. The third kappa shape index (κ3) is 5.79. The first-order valence-electron chi connectivity index (χ1n) is 10.4. The number of nitrogens with zero attached hydrogens (tertiary/aromatic N) is 4. The molecule has 0 spiro atoms. The van der Waals surface area contributed by atoms with Crippen LogP contribution >= 0.6 is 0 Å². The zero-order valence-corrected chi connectivity index (χ0v) is 17.9. The third-order valence-corrected chi connectivity index (χ3v) is 4.62. The minimum atomic E-state index is -0.307. The molecule has 4 aromatic rings. The number of nitrogens with one attached hydrogen (secondary N) is 2. The van der Waals surface area contributed by atoms with E-state index in [-0.39, 0.29) is 18.4 Å². The lowest BCUT2D eigenvalue weighted by atomic mass is 10.2. The van der Waals surface area contributed by atoms with Crippen LogP contribution in [0.5, 0.6) is 5.75 Å². The predicted octanol–water partition coefficient (Wildman–Crippen LogP) is 3.63. The van der Waals surface area contributed by atoms with Gasteiger partial charge in [0.05, 0.1) is 6.61 Å². The lowest BCUT2D eigenvalue weighted by Gasteiger charge is -2.08. The van der Waals surface area contributed by atoms with Gasteiger partial charge in [-0.25, -0.2) is 0 Å². The third-order valence-electron chi connectivity index (χ3n) is 4.62. The van der Waals surface area contributed by atoms with Crippen LogP contribution < -0.4 is 15.4 Å². The maximum absolute atomic E-state index is 12.5. The van der Waals surface area contributed by atoms with Crippen LogP contribution in [0.4, 0.5) is 11.4 Å². The molecule has 0 saturated carbocycles. The van der Waals surface area contributed by atoms with Crippen LogP contribution in [0.3, 0.4) is 0 Å². The summed E-state index contributed by atoms with van der Waals surface area (Å²) in [6.45, 7) is 2.41. The van der Waals surface area contributed by atoms with E-state index in [1.807, 2.05) is 37.3 Å².